The zero-order chi connectivity index (χ0) is 11.7. The molecule has 0 heterocycles. The summed E-state index contributed by atoms with van der Waals surface area (Å²) in [6.07, 6.45) is 1.74. The van der Waals surface area contributed by atoms with E-state index in [1.807, 2.05) is 0 Å². The average molecular weight is 217 g/mol. The van der Waals surface area contributed by atoms with Crippen molar-refractivity contribution in [1.82, 2.24) is 5.32 Å². The molecule has 0 aromatic rings. The van der Waals surface area contributed by atoms with Crippen molar-refractivity contribution in [2.75, 3.05) is 13.1 Å². The molecule has 0 saturated heterocycles. The van der Waals surface area contributed by atoms with E-state index in [1.54, 1.807) is 0 Å². The Bertz CT molecular complexity index is 209. The fourth-order valence-corrected chi connectivity index (χ4v) is 1.02. The summed E-state index contributed by atoms with van der Waals surface area (Å²) < 4.78 is 0. The predicted molar refractivity (Wildman–Crippen MR) is 56.1 cm³/mol. The van der Waals surface area contributed by atoms with Gasteiger partial charge in [0.15, 0.2) is 0 Å². The summed E-state index contributed by atoms with van der Waals surface area (Å²) in [4.78, 5) is 21.5. The summed E-state index contributed by atoms with van der Waals surface area (Å²) in [6.45, 7) is 1.14. The van der Waals surface area contributed by atoms with Gasteiger partial charge in [0.1, 0.15) is 0 Å². The number of aliphatic carboxylic acids is 1. The van der Waals surface area contributed by atoms with Gasteiger partial charge in [0.25, 0.3) is 0 Å². The molecule has 0 aromatic heterocycles. The average Bonchev–Trinajstić information content (AvgIpc) is 2.20. The Kier molecular flexibility index (Phi) is 7.57. The Morgan fingerprint density at radius 1 is 1.33 bits per heavy atom. The normalized spacial score (nSPS) is 12.1. The lowest BCUT2D eigenvalue weighted by Gasteiger charge is -2.10. The van der Waals surface area contributed by atoms with Gasteiger partial charge in [0.2, 0.25) is 5.91 Å². The molecule has 0 radical (unpaired) electrons. The Labute approximate surface area is 89.0 Å². The third-order valence-electron chi connectivity index (χ3n) is 1.94. The SMILES string of the molecule is NCCCCNC(=O)[C@@H](N)CCC(=O)O. The van der Waals surface area contributed by atoms with Crippen molar-refractivity contribution < 1.29 is 14.7 Å². The summed E-state index contributed by atoms with van der Waals surface area (Å²) >= 11 is 0. The van der Waals surface area contributed by atoms with Gasteiger partial charge in [0.05, 0.1) is 6.04 Å². The number of hydrogen-bond acceptors (Lipinski definition) is 4. The van der Waals surface area contributed by atoms with Crippen LogP contribution in [0.2, 0.25) is 0 Å². The van der Waals surface area contributed by atoms with Crippen LogP contribution in [0.15, 0.2) is 0 Å². The first-order valence-corrected chi connectivity index (χ1v) is 5.03. The molecule has 0 fully saturated rings. The number of carboxylic acid groups (broad SMARTS) is 1. The second kappa shape index (κ2) is 8.19. The molecular formula is C9H19N3O3. The van der Waals surface area contributed by atoms with Gasteiger partial charge in [-0.25, -0.2) is 0 Å². The molecule has 0 aliphatic carbocycles. The molecule has 6 N–H and O–H groups in total. The second-order valence-electron chi connectivity index (χ2n) is 3.33. The van der Waals surface area contributed by atoms with Crippen molar-refractivity contribution in [1.29, 1.82) is 0 Å². The molecular weight excluding hydrogens is 198 g/mol. The molecule has 6 heteroatoms. The van der Waals surface area contributed by atoms with Gasteiger partial charge in [-0.05, 0) is 25.8 Å². The van der Waals surface area contributed by atoms with Crippen LogP contribution >= 0.6 is 0 Å². The molecule has 88 valence electrons. The van der Waals surface area contributed by atoms with Gasteiger partial charge < -0.3 is 21.9 Å². The molecule has 0 rings (SSSR count). The van der Waals surface area contributed by atoms with E-state index in [-0.39, 0.29) is 18.7 Å². The number of carboxylic acids is 1. The van der Waals surface area contributed by atoms with Crippen LogP contribution in [0.5, 0.6) is 0 Å². The van der Waals surface area contributed by atoms with E-state index in [1.165, 1.54) is 0 Å². The van der Waals surface area contributed by atoms with Crippen molar-refractivity contribution in [3.05, 3.63) is 0 Å². The standard InChI is InChI=1S/C9H19N3O3/c10-5-1-2-6-12-9(15)7(11)3-4-8(13)14/h7H,1-6,10-11H2,(H,12,15)(H,13,14)/t7-/m0/s1. The minimum atomic E-state index is -0.943. The number of nitrogens with two attached hydrogens (primary N) is 2. The number of unbranched alkanes of at least 4 members (excludes halogenated alkanes) is 1. The van der Waals surface area contributed by atoms with Gasteiger partial charge in [-0.15, -0.1) is 0 Å². The zero-order valence-corrected chi connectivity index (χ0v) is 8.74. The molecule has 15 heavy (non-hydrogen) atoms. The first-order valence-electron chi connectivity index (χ1n) is 5.03. The van der Waals surface area contributed by atoms with Crippen LogP contribution in [0.25, 0.3) is 0 Å². The van der Waals surface area contributed by atoms with Crippen molar-refractivity contribution in [2.45, 2.75) is 31.7 Å². The Hall–Kier alpha value is -1.14. The monoisotopic (exact) mass is 217 g/mol. The molecule has 1 amide bonds. The Morgan fingerprint density at radius 3 is 2.53 bits per heavy atom. The quantitative estimate of drug-likeness (QED) is 0.390. The third-order valence-corrected chi connectivity index (χ3v) is 1.94. The van der Waals surface area contributed by atoms with E-state index < -0.39 is 12.0 Å². The van der Waals surface area contributed by atoms with Crippen LogP contribution in [0, 0.1) is 0 Å². The first-order chi connectivity index (χ1) is 7.07. The largest absolute Gasteiger partial charge is 0.481 e. The topological polar surface area (TPSA) is 118 Å². The lowest BCUT2D eigenvalue weighted by Crippen LogP contribution is -2.41. The zero-order valence-electron chi connectivity index (χ0n) is 8.74. The molecule has 0 aliphatic rings. The van der Waals surface area contributed by atoms with E-state index in [2.05, 4.69) is 5.32 Å². The highest BCUT2D eigenvalue weighted by Crippen LogP contribution is 1.94. The predicted octanol–water partition coefficient (Wildman–Crippen LogP) is -0.966. The molecule has 6 nitrogen and oxygen atoms in total. The molecule has 0 bridgehead atoms. The van der Waals surface area contributed by atoms with Gasteiger partial charge in [0, 0.05) is 13.0 Å². The summed E-state index contributed by atoms with van der Waals surface area (Å²) in [5.41, 5.74) is 10.8. The molecule has 0 aromatic carbocycles. The highest BCUT2D eigenvalue weighted by molar-refractivity contribution is 5.82. The maximum absolute atomic E-state index is 11.3. The summed E-state index contributed by atoms with van der Waals surface area (Å²) in [5.74, 6) is -1.24. The van der Waals surface area contributed by atoms with E-state index in [0.29, 0.717) is 13.1 Å². The van der Waals surface area contributed by atoms with Gasteiger partial charge in [-0.2, -0.15) is 0 Å². The van der Waals surface area contributed by atoms with E-state index in [9.17, 15) is 9.59 Å². The highest BCUT2D eigenvalue weighted by Gasteiger charge is 2.13. The van der Waals surface area contributed by atoms with Gasteiger partial charge in [-0.3, -0.25) is 9.59 Å². The van der Waals surface area contributed by atoms with Crippen molar-refractivity contribution in [3.8, 4) is 0 Å². The first kappa shape index (κ1) is 13.9. The number of carbonyl (C=O) groups excluding carboxylic acids is 1. The fraction of sp³-hybridized carbons (Fsp3) is 0.778. The van der Waals surface area contributed by atoms with Crippen LogP contribution in [0.4, 0.5) is 0 Å². The van der Waals surface area contributed by atoms with Crippen LogP contribution < -0.4 is 16.8 Å². The second-order valence-corrected chi connectivity index (χ2v) is 3.33. The number of carbonyl (C=O) groups is 2. The number of hydrogen-bond donors (Lipinski definition) is 4. The van der Waals surface area contributed by atoms with Crippen LogP contribution in [0.3, 0.4) is 0 Å². The lowest BCUT2D eigenvalue weighted by molar-refractivity contribution is -0.137. The summed E-state index contributed by atoms with van der Waals surface area (Å²) in [5, 5.41) is 11.0. The maximum Gasteiger partial charge on any atom is 0.303 e. The molecule has 0 aliphatic heterocycles. The Morgan fingerprint density at radius 2 is 2.00 bits per heavy atom. The lowest BCUT2D eigenvalue weighted by atomic mass is 10.1. The number of amides is 1. The maximum atomic E-state index is 11.3. The fourth-order valence-electron chi connectivity index (χ4n) is 1.02. The minimum absolute atomic E-state index is 0.0859. The van der Waals surface area contributed by atoms with Gasteiger partial charge >= 0.3 is 5.97 Å². The molecule has 0 saturated carbocycles. The van der Waals surface area contributed by atoms with Crippen LogP contribution in [-0.4, -0.2) is 36.1 Å². The van der Waals surface area contributed by atoms with Crippen LogP contribution in [-0.2, 0) is 9.59 Å². The summed E-state index contributed by atoms with van der Waals surface area (Å²) in [6, 6.07) is -0.737. The van der Waals surface area contributed by atoms with E-state index in [0.717, 1.165) is 12.8 Å². The smallest absolute Gasteiger partial charge is 0.303 e. The van der Waals surface area contributed by atoms with Crippen molar-refractivity contribution >= 4 is 11.9 Å². The van der Waals surface area contributed by atoms with E-state index >= 15 is 0 Å². The third kappa shape index (κ3) is 7.90. The number of rotatable bonds is 8. The summed E-state index contributed by atoms with van der Waals surface area (Å²) in [7, 11) is 0. The van der Waals surface area contributed by atoms with Gasteiger partial charge in [-0.1, -0.05) is 0 Å². The molecule has 1 atom stereocenters. The van der Waals surface area contributed by atoms with Crippen molar-refractivity contribution in [2.24, 2.45) is 11.5 Å². The van der Waals surface area contributed by atoms with Crippen LogP contribution in [0.1, 0.15) is 25.7 Å². The van der Waals surface area contributed by atoms with E-state index in [4.69, 9.17) is 16.6 Å². The molecule has 0 unspecified atom stereocenters. The minimum Gasteiger partial charge on any atom is -0.481 e. The van der Waals surface area contributed by atoms with Crippen molar-refractivity contribution in [3.63, 3.8) is 0 Å². The highest BCUT2D eigenvalue weighted by atomic mass is 16.4. The number of nitrogens with one attached hydrogen (secondary N) is 1. The Balaban J connectivity index is 3.55. The molecule has 0 spiro atoms.